The summed E-state index contributed by atoms with van der Waals surface area (Å²) in [4.78, 5) is 22.2. The van der Waals surface area contributed by atoms with Crippen molar-refractivity contribution in [1.82, 2.24) is 5.32 Å². The van der Waals surface area contributed by atoms with Crippen LogP contribution in [-0.2, 0) is 9.59 Å². The van der Waals surface area contributed by atoms with Gasteiger partial charge in [0.2, 0.25) is 6.43 Å². The molecule has 1 aromatic carbocycles. The van der Waals surface area contributed by atoms with Crippen LogP contribution in [-0.4, -0.2) is 36.1 Å². The fourth-order valence-electron chi connectivity index (χ4n) is 1.37. The maximum atomic E-state index is 12.2. The number of benzene rings is 1. The van der Waals surface area contributed by atoms with Crippen LogP contribution in [0.25, 0.3) is 0 Å². The third-order valence-corrected chi connectivity index (χ3v) is 2.85. The van der Waals surface area contributed by atoms with E-state index in [0.29, 0.717) is 5.02 Å². The highest BCUT2D eigenvalue weighted by Gasteiger charge is 2.24. The first-order valence-electron chi connectivity index (χ1n) is 5.67. The Hall–Kier alpha value is -1.60. The molecule has 1 amide bonds. The summed E-state index contributed by atoms with van der Waals surface area (Å²) in [5.41, 5.74) is 0. The zero-order valence-electron chi connectivity index (χ0n) is 10.5. The van der Waals surface area contributed by atoms with Gasteiger partial charge >= 0.3 is 5.97 Å². The number of halogens is 4. The van der Waals surface area contributed by atoms with Crippen LogP contribution >= 0.6 is 23.2 Å². The van der Waals surface area contributed by atoms with E-state index in [-0.39, 0.29) is 10.8 Å². The van der Waals surface area contributed by atoms with Crippen LogP contribution in [0.1, 0.15) is 6.42 Å². The molecule has 1 atom stereocenters. The summed E-state index contributed by atoms with van der Waals surface area (Å²) in [7, 11) is 0. The Morgan fingerprint density at radius 2 is 2.00 bits per heavy atom. The Labute approximate surface area is 128 Å². The Balaban J connectivity index is 2.56. The number of carbonyl (C=O) groups is 2. The molecule has 116 valence electrons. The van der Waals surface area contributed by atoms with Gasteiger partial charge in [0.05, 0.1) is 5.02 Å². The predicted molar refractivity (Wildman–Crippen MR) is 72.1 cm³/mol. The molecule has 0 bridgehead atoms. The van der Waals surface area contributed by atoms with Gasteiger partial charge in [0, 0.05) is 17.5 Å². The lowest BCUT2D eigenvalue weighted by atomic mass is 10.2. The summed E-state index contributed by atoms with van der Waals surface area (Å²) in [6, 6.07) is 2.65. The molecule has 0 aliphatic heterocycles. The number of alkyl halides is 2. The van der Waals surface area contributed by atoms with E-state index >= 15 is 0 Å². The number of ether oxygens (including phenoxy) is 1. The van der Waals surface area contributed by atoms with E-state index in [1.165, 1.54) is 18.2 Å². The van der Waals surface area contributed by atoms with Crippen molar-refractivity contribution in [2.75, 3.05) is 6.61 Å². The molecule has 0 aliphatic rings. The van der Waals surface area contributed by atoms with Gasteiger partial charge in [-0.25, -0.2) is 13.6 Å². The van der Waals surface area contributed by atoms with Crippen LogP contribution in [0.15, 0.2) is 18.2 Å². The zero-order chi connectivity index (χ0) is 16.0. The molecule has 1 rings (SSSR count). The summed E-state index contributed by atoms with van der Waals surface area (Å²) >= 11 is 11.5. The first kappa shape index (κ1) is 17.5. The number of amides is 1. The minimum absolute atomic E-state index is 0.125. The second-order valence-electron chi connectivity index (χ2n) is 3.95. The lowest BCUT2D eigenvalue weighted by Gasteiger charge is -2.14. The molecule has 0 aliphatic carbocycles. The molecule has 1 aromatic rings. The maximum absolute atomic E-state index is 12.2. The van der Waals surface area contributed by atoms with E-state index in [9.17, 15) is 18.4 Å². The van der Waals surface area contributed by atoms with Crippen molar-refractivity contribution in [1.29, 1.82) is 0 Å². The van der Waals surface area contributed by atoms with E-state index in [1.807, 2.05) is 5.32 Å². The number of rotatable bonds is 7. The molecular formula is C12H11Cl2F2NO4. The SMILES string of the molecule is O=C(COc1cc(Cl)ccc1Cl)NC(CC(F)F)C(=O)O. The molecule has 5 nitrogen and oxygen atoms in total. The van der Waals surface area contributed by atoms with Crippen LogP contribution in [0.5, 0.6) is 5.75 Å². The van der Waals surface area contributed by atoms with Gasteiger partial charge in [0.15, 0.2) is 6.61 Å². The number of hydrogen-bond acceptors (Lipinski definition) is 3. The monoisotopic (exact) mass is 341 g/mol. The average Bonchev–Trinajstić information content (AvgIpc) is 2.38. The standard InChI is InChI=1S/C12H11Cl2F2NO4/c13-6-1-2-7(14)9(3-6)21-5-11(18)17-8(12(19)20)4-10(15)16/h1-3,8,10H,4-5H2,(H,17,18)(H,19,20). The number of carboxylic acids is 1. The minimum Gasteiger partial charge on any atom is -0.482 e. The van der Waals surface area contributed by atoms with Crippen molar-refractivity contribution in [3.05, 3.63) is 28.2 Å². The minimum atomic E-state index is -2.85. The summed E-state index contributed by atoms with van der Waals surface area (Å²) in [5.74, 6) is -2.29. The lowest BCUT2D eigenvalue weighted by Crippen LogP contribution is -2.44. The quantitative estimate of drug-likeness (QED) is 0.799. The lowest BCUT2D eigenvalue weighted by molar-refractivity contribution is -0.143. The van der Waals surface area contributed by atoms with Crippen molar-refractivity contribution in [2.45, 2.75) is 18.9 Å². The van der Waals surface area contributed by atoms with Crippen molar-refractivity contribution < 1.29 is 28.2 Å². The molecule has 0 heterocycles. The largest absolute Gasteiger partial charge is 0.482 e. The molecule has 0 aromatic heterocycles. The van der Waals surface area contributed by atoms with Gasteiger partial charge in [-0.15, -0.1) is 0 Å². The first-order chi connectivity index (χ1) is 9.79. The maximum Gasteiger partial charge on any atom is 0.326 e. The fourth-order valence-corrected chi connectivity index (χ4v) is 1.70. The van der Waals surface area contributed by atoms with Crippen LogP contribution < -0.4 is 10.1 Å². The number of nitrogens with one attached hydrogen (secondary N) is 1. The summed E-state index contributed by atoms with van der Waals surface area (Å²) in [5, 5.41) is 11.2. The van der Waals surface area contributed by atoms with Crippen molar-refractivity contribution in [3.8, 4) is 5.75 Å². The highest BCUT2D eigenvalue weighted by Crippen LogP contribution is 2.27. The molecule has 0 saturated heterocycles. The van der Waals surface area contributed by atoms with Crippen LogP contribution in [0, 0.1) is 0 Å². The van der Waals surface area contributed by atoms with E-state index in [2.05, 4.69) is 0 Å². The van der Waals surface area contributed by atoms with Crippen molar-refractivity contribution in [3.63, 3.8) is 0 Å². The highest BCUT2D eigenvalue weighted by atomic mass is 35.5. The fraction of sp³-hybridized carbons (Fsp3) is 0.333. The molecule has 1 unspecified atom stereocenters. The molecule has 0 fully saturated rings. The predicted octanol–water partition coefficient (Wildman–Crippen LogP) is 2.60. The van der Waals surface area contributed by atoms with Gasteiger partial charge < -0.3 is 15.2 Å². The molecule has 2 N–H and O–H groups in total. The summed E-state index contributed by atoms with van der Waals surface area (Å²) < 4.78 is 29.4. The van der Waals surface area contributed by atoms with Crippen LogP contribution in [0.3, 0.4) is 0 Å². The summed E-state index contributed by atoms with van der Waals surface area (Å²) in [6.45, 7) is -0.576. The van der Waals surface area contributed by atoms with Gasteiger partial charge in [0.1, 0.15) is 11.8 Å². The van der Waals surface area contributed by atoms with E-state index < -0.39 is 37.4 Å². The topological polar surface area (TPSA) is 75.6 Å². The third kappa shape index (κ3) is 6.14. The third-order valence-electron chi connectivity index (χ3n) is 2.30. The van der Waals surface area contributed by atoms with Gasteiger partial charge in [-0.05, 0) is 12.1 Å². The molecule has 0 radical (unpaired) electrons. The van der Waals surface area contributed by atoms with Crippen LogP contribution in [0.4, 0.5) is 8.78 Å². The van der Waals surface area contributed by atoms with Crippen molar-refractivity contribution >= 4 is 35.1 Å². The van der Waals surface area contributed by atoms with Gasteiger partial charge in [-0.2, -0.15) is 0 Å². The summed E-state index contributed by atoms with van der Waals surface area (Å²) in [6.07, 6.45) is -3.84. The van der Waals surface area contributed by atoms with Gasteiger partial charge in [0.25, 0.3) is 5.91 Å². The normalized spacial score (nSPS) is 12.0. The smallest absolute Gasteiger partial charge is 0.326 e. The second kappa shape index (κ2) is 7.99. The zero-order valence-corrected chi connectivity index (χ0v) is 12.0. The van der Waals surface area contributed by atoms with Crippen LogP contribution in [0.2, 0.25) is 10.0 Å². The average molecular weight is 342 g/mol. The highest BCUT2D eigenvalue weighted by molar-refractivity contribution is 6.34. The molecule has 0 spiro atoms. The number of hydrogen-bond donors (Lipinski definition) is 2. The molecule has 0 saturated carbocycles. The Bertz CT molecular complexity index is 528. The Kier molecular flexibility index (Phi) is 6.64. The molecule has 21 heavy (non-hydrogen) atoms. The number of aliphatic carboxylic acids is 1. The second-order valence-corrected chi connectivity index (χ2v) is 4.79. The van der Waals surface area contributed by atoms with Gasteiger partial charge in [-0.3, -0.25) is 4.79 Å². The number of carboxylic acid groups (broad SMARTS) is 1. The van der Waals surface area contributed by atoms with E-state index in [1.54, 1.807) is 0 Å². The molecular weight excluding hydrogens is 331 g/mol. The van der Waals surface area contributed by atoms with E-state index in [4.69, 9.17) is 33.0 Å². The van der Waals surface area contributed by atoms with E-state index in [0.717, 1.165) is 0 Å². The molecule has 9 heteroatoms. The van der Waals surface area contributed by atoms with Crippen molar-refractivity contribution in [2.24, 2.45) is 0 Å². The van der Waals surface area contributed by atoms with Gasteiger partial charge in [-0.1, -0.05) is 23.2 Å². The Morgan fingerprint density at radius 1 is 1.33 bits per heavy atom. The Morgan fingerprint density at radius 3 is 2.57 bits per heavy atom. The number of carbonyl (C=O) groups excluding carboxylic acids is 1. The first-order valence-corrected chi connectivity index (χ1v) is 6.43.